The Bertz CT molecular complexity index is 171. The van der Waals surface area contributed by atoms with Crippen molar-refractivity contribution in [1.82, 2.24) is 0 Å². The molecular weight excluding hydrogens is 248 g/mol. The van der Waals surface area contributed by atoms with Crippen molar-refractivity contribution in [1.29, 1.82) is 0 Å². The van der Waals surface area contributed by atoms with Crippen LogP contribution in [0.3, 0.4) is 0 Å². The second-order valence-electron chi connectivity index (χ2n) is 3.02. The van der Waals surface area contributed by atoms with Crippen molar-refractivity contribution in [2.24, 2.45) is 0 Å². The van der Waals surface area contributed by atoms with Gasteiger partial charge in [0, 0.05) is 6.42 Å². The number of ether oxygens (including phenoxy) is 1. The highest BCUT2D eigenvalue weighted by atomic mass is 79.9. The summed E-state index contributed by atoms with van der Waals surface area (Å²) in [5, 5.41) is 0. The maximum Gasteiger partial charge on any atom is 0.319 e. The number of unbranched alkanes of at least 4 members (excludes halogenated alkanes) is 3. The highest BCUT2D eigenvalue weighted by molar-refractivity contribution is 9.10. The average Bonchev–Trinajstić information content (AvgIpc) is 2.17. The number of esters is 1. The van der Waals surface area contributed by atoms with Crippen molar-refractivity contribution in [3.05, 3.63) is 0 Å². The van der Waals surface area contributed by atoms with Crippen LogP contribution < -0.4 is 0 Å². The first-order valence-electron chi connectivity index (χ1n) is 4.96. The Labute approximate surface area is 93.3 Å². The molecule has 1 unspecified atom stereocenters. The molecule has 1 atom stereocenters. The summed E-state index contributed by atoms with van der Waals surface area (Å²) in [6, 6.07) is 0. The van der Waals surface area contributed by atoms with E-state index in [9.17, 15) is 9.59 Å². The summed E-state index contributed by atoms with van der Waals surface area (Å²) in [7, 11) is 0. The second-order valence-corrected chi connectivity index (χ2v) is 4.13. The van der Waals surface area contributed by atoms with E-state index in [2.05, 4.69) is 15.9 Å². The van der Waals surface area contributed by atoms with Gasteiger partial charge in [0.1, 0.15) is 11.1 Å². The average molecular weight is 265 g/mol. The topological polar surface area (TPSA) is 43.4 Å². The van der Waals surface area contributed by atoms with Gasteiger partial charge in [0.2, 0.25) is 0 Å². The first-order chi connectivity index (χ1) is 6.72. The summed E-state index contributed by atoms with van der Waals surface area (Å²) in [6.07, 6.45) is 5.16. The van der Waals surface area contributed by atoms with Gasteiger partial charge < -0.3 is 9.53 Å². The van der Waals surface area contributed by atoms with E-state index in [4.69, 9.17) is 4.74 Å². The smallest absolute Gasteiger partial charge is 0.319 e. The lowest BCUT2D eigenvalue weighted by molar-refractivity contribution is -0.142. The molecule has 0 aromatic carbocycles. The summed E-state index contributed by atoms with van der Waals surface area (Å²) in [5.74, 6) is -0.192. The highest BCUT2D eigenvalue weighted by Gasteiger charge is 2.14. The molecule has 0 rings (SSSR count). The third-order valence-electron chi connectivity index (χ3n) is 1.82. The van der Waals surface area contributed by atoms with Gasteiger partial charge in [0.05, 0.1) is 6.61 Å². The highest BCUT2D eigenvalue weighted by Crippen LogP contribution is 2.13. The van der Waals surface area contributed by atoms with Crippen LogP contribution in [0.5, 0.6) is 0 Å². The lowest BCUT2D eigenvalue weighted by atomic mass is 10.1. The Morgan fingerprint density at radius 3 is 2.71 bits per heavy atom. The van der Waals surface area contributed by atoms with Gasteiger partial charge in [-0.25, -0.2) is 0 Å². The summed E-state index contributed by atoms with van der Waals surface area (Å²) in [4.78, 5) is 21.0. The molecule has 14 heavy (non-hydrogen) atoms. The van der Waals surface area contributed by atoms with Crippen LogP contribution in [0.4, 0.5) is 0 Å². The molecule has 0 aliphatic rings. The number of aldehydes is 1. The summed E-state index contributed by atoms with van der Waals surface area (Å²) < 4.78 is 4.84. The molecule has 0 radical (unpaired) electrons. The van der Waals surface area contributed by atoms with Crippen LogP contribution in [0.25, 0.3) is 0 Å². The predicted molar refractivity (Wildman–Crippen MR) is 58.5 cm³/mol. The lowest BCUT2D eigenvalue weighted by Crippen LogP contribution is -2.17. The molecule has 0 aliphatic heterocycles. The fourth-order valence-electron chi connectivity index (χ4n) is 1.08. The maximum absolute atomic E-state index is 11.1. The van der Waals surface area contributed by atoms with Crippen LogP contribution in [0, 0.1) is 0 Å². The molecule has 4 heteroatoms. The van der Waals surface area contributed by atoms with E-state index in [1.807, 2.05) is 0 Å². The number of rotatable bonds is 8. The fraction of sp³-hybridized carbons (Fsp3) is 0.800. The predicted octanol–water partition coefficient (Wildman–Crippen LogP) is 2.46. The molecule has 0 aromatic heterocycles. The van der Waals surface area contributed by atoms with Crippen LogP contribution in [0.15, 0.2) is 0 Å². The second kappa shape index (κ2) is 9.19. The molecule has 0 saturated heterocycles. The monoisotopic (exact) mass is 264 g/mol. The molecule has 0 bridgehead atoms. The Balaban J connectivity index is 3.38. The molecule has 0 aromatic rings. The number of hydrogen-bond donors (Lipinski definition) is 0. The Hall–Kier alpha value is -0.380. The van der Waals surface area contributed by atoms with Gasteiger partial charge in [-0.05, 0) is 19.8 Å². The van der Waals surface area contributed by atoms with Crippen molar-refractivity contribution in [3.63, 3.8) is 0 Å². The van der Waals surface area contributed by atoms with E-state index in [-0.39, 0.29) is 10.8 Å². The first-order valence-corrected chi connectivity index (χ1v) is 5.88. The molecule has 82 valence electrons. The molecule has 3 nitrogen and oxygen atoms in total. The van der Waals surface area contributed by atoms with Crippen molar-refractivity contribution in [2.45, 2.75) is 43.9 Å². The van der Waals surface area contributed by atoms with Gasteiger partial charge in [-0.2, -0.15) is 0 Å². The summed E-state index contributed by atoms with van der Waals surface area (Å²) in [5.41, 5.74) is 0. The van der Waals surface area contributed by atoms with Crippen LogP contribution in [0.1, 0.15) is 39.0 Å². The zero-order valence-corrected chi connectivity index (χ0v) is 10.1. The van der Waals surface area contributed by atoms with Crippen molar-refractivity contribution in [3.8, 4) is 0 Å². The van der Waals surface area contributed by atoms with Crippen LogP contribution in [-0.2, 0) is 14.3 Å². The minimum absolute atomic E-state index is 0.192. The molecule has 0 spiro atoms. The zero-order chi connectivity index (χ0) is 10.8. The van der Waals surface area contributed by atoms with Crippen LogP contribution in [-0.4, -0.2) is 23.7 Å². The van der Waals surface area contributed by atoms with Gasteiger partial charge in [-0.15, -0.1) is 0 Å². The van der Waals surface area contributed by atoms with Crippen molar-refractivity contribution < 1.29 is 14.3 Å². The zero-order valence-electron chi connectivity index (χ0n) is 8.50. The van der Waals surface area contributed by atoms with E-state index < -0.39 is 0 Å². The number of carbonyl (C=O) groups excluding carboxylic acids is 2. The van der Waals surface area contributed by atoms with E-state index in [1.54, 1.807) is 6.92 Å². The number of carbonyl (C=O) groups is 2. The Kier molecular flexibility index (Phi) is 8.94. The Morgan fingerprint density at radius 1 is 1.43 bits per heavy atom. The summed E-state index contributed by atoms with van der Waals surface area (Å²) >= 11 is 3.27. The van der Waals surface area contributed by atoms with Gasteiger partial charge in [0.15, 0.2) is 0 Å². The van der Waals surface area contributed by atoms with Crippen molar-refractivity contribution >= 4 is 28.2 Å². The summed E-state index contributed by atoms with van der Waals surface area (Å²) in [6.45, 7) is 2.22. The number of halogens is 1. The van der Waals surface area contributed by atoms with E-state index in [0.29, 0.717) is 13.0 Å². The van der Waals surface area contributed by atoms with Crippen LogP contribution in [0.2, 0.25) is 0 Å². The molecule has 0 heterocycles. The standard InChI is InChI=1S/C10H17BrO3/c1-2-14-10(13)9(11)7-5-3-4-6-8-12/h8-9H,2-7H2,1H3. The molecule has 0 saturated carbocycles. The quantitative estimate of drug-likeness (QED) is 0.293. The first kappa shape index (κ1) is 13.6. The Morgan fingerprint density at radius 2 is 2.14 bits per heavy atom. The van der Waals surface area contributed by atoms with Gasteiger partial charge in [-0.1, -0.05) is 28.8 Å². The normalized spacial score (nSPS) is 12.1. The fourth-order valence-corrected chi connectivity index (χ4v) is 1.53. The van der Waals surface area contributed by atoms with E-state index in [1.165, 1.54) is 0 Å². The van der Waals surface area contributed by atoms with E-state index in [0.717, 1.165) is 32.0 Å². The van der Waals surface area contributed by atoms with E-state index >= 15 is 0 Å². The molecule has 0 fully saturated rings. The van der Waals surface area contributed by atoms with Crippen LogP contribution >= 0.6 is 15.9 Å². The molecular formula is C10H17BrO3. The van der Waals surface area contributed by atoms with Crippen molar-refractivity contribution in [2.75, 3.05) is 6.61 Å². The minimum atomic E-state index is -0.196. The molecule has 0 amide bonds. The third-order valence-corrected chi connectivity index (χ3v) is 2.65. The van der Waals surface area contributed by atoms with Gasteiger partial charge >= 0.3 is 5.97 Å². The molecule has 0 aliphatic carbocycles. The third kappa shape index (κ3) is 7.06. The molecule has 0 N–H and O–H groups in total. The SMILES string of the molecule is CCOC(=O)C(Br)CCCCCC=O. The lowest BCUT2D eigenvalue weighted by Gasteiger charge is -2.07. The number of hydrogen-bond acceptors (Lipinski definition) is 3. The van der Waals surface area contributed by atoms with Gasteiger partial charge in [-0.3, -0.25) is 4.79 Å². The maximum atomic E-state index is 11.1. The van der Waals surface area contributed by atoms with Gasteiger partial charge in [0.25, 0.3) is 0 Å². The largest absolute Gasteiger partial charge is 0.465 e. The minimum Gasteiger partial charge on any atom is -0.465 e. The number of alkyl halides is 1.